The fraction of sp³-hybridized carbons (Fsp3) is 0.455. The third-order valence-corrected chi connectivity index (χ3v) is 5.85. The second-order valence-corrected chi connectivity index (χ2v) is 8.41. The van der Waals surface area contributed by atoms with Crippen LogP contribution in [0.2, 0.25) is 0 Å². The van der Waals surface area contributed by atoms with E-state index in [1.807, 2.05) is 6.92 Å². The van der Waals surface area contributed by atoms with Crippen molar-refractivity contribution in [3.8, 4) is 11.3 Å². The molecule has 0 bridgehead atoms. The zero-order chi connectivity index (χ0) is 25.3. The number of anilines is 2. The fourth-order valence-corrected chi connectivity index (χ4v) is 4.21. The molecule has 35 heavy (non-hydrogen) atoms. The van der Waals surface area contributed by atoms with Crippen molar-refractivity contribution in [3.05, 3.63) is 30.2 Å². The van der Waals surface area contributed by atoms with Crippen molar-refractivity contribution < 1.29 is 17.6 Å². The van der Waals surface area contributed by atoms with Crippen LogP contribution in [0.15, 0.2) is 24.4 Å². The van der Waals surface area contributed by atoms with Gasteiger partial charge in [-0.15, -0.1) is 5.10 Å². The molecule has 0 saturated carbocycles. The highest BCUT2D eigenvalue weighted by Crippen LogP contribution is 2.29. The number of pyridine rings is 1. The molecule has 0 spiro atoms. The molecular formula is C22H27F4N9. The van der Waals surface area contributed by atoms with Crippen molar-refractivity contribution in [1.29, 1.82) is 0 Å². The summed E-state index contributed by atoms with van der Waals surface area (Å²) in [6, 6.07) is 5.27. The summed E-state index contributed by atoms with van der Waals surface area (Å²) in [4.78, 5) is 14.6. The van der Waals surface area contributed by atoms with Crippen LogP contribution in [0.1, 0.15) is 25.6 Å². The average molecular weight is 494 g/mol. The second-order valence-electron chi connectivity index (χ2n) is 8.41. The Morgan fingerprint density at radius 1 is 1.11 bits per heavy atom. The summed E-state index contributed by atoms with van der Waals surface area (Å²) >= 11 is 0. The number of fused-ring (bicyclic) bond motifs is 2. The van der Waals surface area contributed by atoms with Crippen molar-refractivity contribution >= 4 is 28.4 Å². The summed E-state index contributed by atoms with van der Waals surface area (Å²) in [5, 5.41) is 4.06. The molecule has 0 radical (unpaired) electrons. The summed E-state index contributed by atoms with van der Waals surface area (Å²) in [5.74, 6) is -1.67. The van der Waals surface area contributed by atoms with Gasteiger partial charge in [-0.2, -0.15) is 4.98 Å². The number of nitrogens with zero attached hydrogens (tertiary/aromatic N) is 7. The van der Waals surface area contributed by atoms with E-state index in [2.05, 4.69) is 20.1 Å². The first-order valence-electron chi connectivity index (χ1n) is 11.2. The molecule has 0 amide bonds. The van der Waals surface area contributed by atoms with Gasteiger partial charge < -0.3 is 16.0 Å². The Kier molecular flexibility index (Phi) is 6.79. The highest BCUT2D eigenvalue weighted by molar-refractivity contribution is 5.88. The third-order valence-electron chi connectivity index (χ3n) is 5.85. The van der Waals surface area contributed by atoms with Gasteiger partial charge in [0.25, 0.3) is 12.3 Å². The Hall–Kier alpha value is -3.48. The molecular weight excluding hydrogens is 466 g/mol. The molecule has 5 heterocycles. The Balaban J connectivity index is 0.000000243. The maximum Gasteiger partial charge on any atom is 0.260 e. The summed E-state index contributed by atoms with van der Waals surface area (Å²) < 4.78 is 53.8. The molecule has 4 aromatic rings. The van der Waals surface area contributed by atoms with E-state index in [1.54, 1.807) is 36.2 Å². The Labute approximate surface area is 198 Å². The van der Waals surface area contributed by atoms with E-state index in [4.69, 9.17) is 11.5 Å². The first-order chi connectivity index (χ1) is 16.6. The minimum absolute atomic E-state index is 0.0382. The van der Waals surface area contributed by atoms with Crippen LogP contribution in [0.5, 0.6) is 0 Å². The topological polar surface area (TPSA) is 116 Å². The minimum Gasteiger partial charge on any atom is -0.382 e. The maximum absolute atomic E-state index is 12.9. The zero-order valence-corrected chi connectivity index (χ0v) is 19.4. The predicted molar refractivity (Wildman–Crippen MR) is 125 cm³/mol. The Morgan fingerprint density at radius 2 is 1.89 bits per heavy atom. The highest BCUT2D eigenvalue weighted by atomic mass is 19.3. The van der Waals surface area contributed by atoms with Crippen molar-refractivity contribution in [3.63, 3.8) is 0 Å². The van der Waals surface area contributed by atoms with Crippen molar-refractivity contribution in [2.24, 2.45) is 0 Å². The lowest BCUT2D eigenvalue weighted by Crippen LogP contribution is -2.42. The molecule has 0 aromatic carbocycles. The normalized spacial score (nSPS) is 16.1. The largest absolute Gasteiger partial charge is 0.382 e. The second kappa shape index (κ2) is 9.64. The van der Waals surface area contributed by atoms with Crippen LogP contribution >= 0.6 is 0 Å². The number of nitrogen functional groups attached to an aromatic ring is 2. The zero-order valence-electron chi connectivity index (χ0n) is 19.4. The first-order valence-corrected chi connectivity index (χ1v) is 11.2. The van der Waals surface area contributed by atoms with Crippen molar-refractivity contribution in [2.45, 2.75) is 45.6 Å². The number of alkyl halides is 4. The van der Waals surface area contributed by atoms with Gasteiger partial charge in [-0.3, -0.25) is 4.90 Å². The average Bonchev–Trinajstić information content (AvgIpc) is 3.34. The van der Waals surface area contributed by atoms with Gasteiger partial charge in [0.05, 0.1) is 18.8 Å². The number of hydrogen-bond donors (Lipinski definition) is 2. The van der Waals surface area contributed by atoms with Crippen LogP contribution in [-0.4, -0.2) is 66.0 Å². The van der Waals surface area contributed by atoms with Gasteiger partial charge in [-0.25, -0.2) is 32.0 Å². The van der Waals surface area contributed by atoms with E-state index in [1.165, 1.54) is 9.08 Å². The van der Waals surface area contributed by atoms with E-state index >= 15 is 0 Å². The van der Waals surface area contributed by atoms with E-state index < -0.39 is 18.9 Å². The predicted octanol–water partition coefficient (Wildman–Crippen LogP) is 3.62. The van der Waals surface area contributed by atoms with E-state index in [9.17, 15) is 17.6 Å². The molecule has 1 saturated heterocycles. The van der Waals surface area contributed by atoms with Crippen LogP contribution in [0.3, 0.4) is 0 Å². The van der Waals surface area contributed by atoms with Gasteiger partial charge in [0.2, 0.25) is 5.95 Å². The van der Waals surface area contributed by atoms with Crippen molar-refractivity contribution in [1.82, 2.24) is 34.0 Å². The van der Waals surface area contributed by atoms with Gasteiger partial charge in [-0.05, 0) is 44.6 Å². The van der Waals surface area contributed by atoms with Crippen LogP contribution in [0.25, 0.3) is 27.9 Å². The number of aryl methyl sites for hydroxylation is 1. The van der Waals surface area contributed by atoms with Gasteiger partial charge in [-0.1, -0.05) is 6.92 Å². The fourth-order valence-electron chi connectivity index (χ4n) is 4.21. The van der Waals surface area contributed by atoms with Crippen LogP contribution in [0.4, 0.5) is 29.3 Å². The third kappa shape index (κ3) is 5.29. The molecule has 1 fully saturated rings. The highest BCUT2D eigenvalue weighted by Gasteiger charge is 2.34. The number of rotatable bonds is 4. The molecule has 4 N–H and O–H groups in total. The van der Waals surface area contributed by atoms with Crippen LogP contribution in [0, 0.1) is 6.92 Å². The summed E-state index contributed by atoms with van der Waals surface area (Å²) in [6.07, 6.45) is -0.0966. The number of aromatic nitrogens is 6. The Bertz CT molecular complexity index is 1330. The number of hydrogen-bond acceptors (Lipinski definition) is 7. The molecule has 1 aliphatic rings. The summed E-state index contributed by atoms with van der Waals surface area (Å²) in [7, 11) is 0. The molecule has 5 rings (SSSR count). The lowest BCUT2D eigenvalue weighted by molar-refractivity contribution is -0.0625. The lowest BCUT2D eigenvalue weighted by atomic mass is 10.1. The number of piperidine rings is 1. The number of imidazole rings is 1. The monoisotopic (exact) mass is 493 g/mol. The molecule has 1 aliphatic heterocycles. The Morgan fingerprint density at radius 3 is 2.54 bits per heavy atom. The summed E-state index contributed by atoms with van der Waals surface area (Å²) in [5.41, 5.74) is 14.3. The lowest BCUT2D eigenvalue weighted by Gasteiger charge is -2.31. The van der Waals surface area contributed by atoms with Crippen molar-refractivity contribution in [2.75, 3.05) is 31.1 Å². The number of likely N-dealkylation sites (tertiary alicyclic amines) is 1. The maximum atomic E-state index is 12.9. The molecule has 0 atom stereocenters. The standard InChI is InChI=1S/C15H14F2N8.C7H13F2N/c1-7-20-10-3-2-9(21-14(10)24(7)6-11(16)17)8-4-5-25-12(8)13(18)22-15(19)23-25;1-2-10-5-3-4-7(8,9)6-10/h2-5,11H,6H2,1H3,(H4,18,19,22,23);2-6H2,1H3. The molecule has 4 aromatic heterocycles. The molecule has 188 valence electrons. The van der Waals surface area contributed by atoms with Gasteiger partial charge >= 0.3 is 0 Å². The van der Waals surface area contributed by atoms with Gasteiger partial charge in [0, 0.05) is 18.2 Å². The van der Waals surface area contributed by atoms with E-state index in [0.29, 0.717) is 40.2 Å². The first kappa shape index (κ1) is 24.6. The van der Waals surface area contributed by atoms with E-state index in [-0.39, 0.29) is 24.7 Å². The molecule has 0 unspecified atom stereocenters. The smallest absolute Gasteiger partial charge is 0.260 e. The quantitative estimate of drug-likeness (QED) is 0.417. The molecule has 9 nitrogen and oxygen atoms in total. The SMILES string of the molecule is CCN1CCCC(F)(F)C1.Cc1nc2ccc(-c3ccn4nc(N)nc(N)c34)nc2n1CC(F)F. The number of halogens is 4. The van der Waals surface area contributed by atoms with Gasteiger partial charge in [0.1, 0.15) is 16.9 Å². The number of nitrogens with two attached hydrogens (primary N) is 2. The molecule has 0 aliphatic carbocycles. The summed E-state index contributed by atoms with van der Waals surface area (Å²) in [6.45, 7) is 4.68. The van der Waals surface area contributed by atoms with Crippen LogP contribution < -0.4 is 11.5 Å². The van der Waals surface area contributed by atoms with Crippen LogP contribution in [-0.2, 0) is 6.54 Å². The van der Waals surface area contributed by atoms with E-state index in [0.717, 1.165) is 13.1 Å². The molecule has 13 heteroatoms. The van der Waals surface area contributed by atoms with Gasteiger partial charge in [0.15, 0.2) is 11.5 Å². The minimum atomic E-state index is -2.50.